The van der Waals surface area contributed by atoms with Crippen molar-refractivity contribution >= 4 is 11.8 Å². The van der Waals surface area contributed by atoms with E-state index < -0.39 is 11.0 Å². The van der Waals surface area contributed by atoms with E-state index in [0.29, 0.717) is 5.75 Å². The summed E-state index contributed by atoms with van der Waals surface area (Å²) >= 11 is 0. The van der Waals surface area contributed by atoms with Crippen molar-refractivity contribution in [3.05, 3.63) is 34.4 Å². The van der Waals surface area contributed by atoms with Crippen molar-refractivity contribution in [2.75, 3.05) is 0 Å². The molecule has 0 saturated carbocycles. The monoisotopic (exact) mass is 280 g/mol. The molecule has 6 heteroatoms. The van der Waals surface area contributed by atoms with E-state index in [1.807, 2.05) is 6.92 Å². The van der Waals surface area contributed by atoms with Gasteiger partial charge in [-0.25, -0.2) is 4.79 Å². The summed E-state index contributed by atoms with van der Waals surface area (Å²) in [6.45, 7) is 4.11. The van der Waals surface area contributed by atoms with Crippen molar-refractivity contribution in [3.8, 4) is 5.75 Å². The number of ether oxygens (including phenoxy) is 1. The topological polar surface area (TPSA) is 81.5 Å². The van der Waals surface area contributed by atoms with Crippen molar-refractivity contribution < 1.29 is 14.5 Å². The van der Waals surface area contributed by atoms with Gasteiger partial charge < -0.3 is 10.1 Å². The Morgan fingerprint density at radius 3 is 2.50 bits per heavy atom. The molecular weight excluding hydrogens is 260 g/mol. The molecule has 1 N–H and O–H groups in total. The first-order valence-corrected chi connectivity index (χ1v) is 6.79. The lowest BCUT2D eigenvalue weighted by Crippen LogP contribution is -2.36. The van der Waals surface area contributed by atoms with E-state index in [-0.39, 0.29) is 11.7 Å². The smallest absolute Gasteiger partial charge is 0.410 e. The van der Waals surface area contributed by atoms with Crippen LogP contribution in [0.1, 0.15) is 39.5 Å². The van der Waals surface area contributed by atoms with Gasteiger partial charge in [0.1, 0.15) is 5.75 Å². The normalized spacial score (nSPS) is 11.7. The predicted molar refractivity (Wildman–Crippen MR) is 75.9 cm³/mol. The fourth-order valence-corrected chi connectivity index (χ4v) is 1.77. The molecule has 0 spiro atoms. The molecule has 1 atom stereocenters. The SMILES string of the molecule is CCCCC(CC)NC(=O)Oc1ccc([N+](=O)[O-])cc1. The van der Waals surface area contributed by atoms with Crippen LogP contribution in [0.2, 0.25) is 0 Å². The van der Waals surface area contributed by atoms with Crippen LogP contribution in [0.5, 0.6) is 5.75 Å². The summed E-state index contributed by atoms with van der Waals surface area (Å²) in [7, 11) is 0. The highest BCUT2D eigenvalue weighted by molar-refractivity contribution is 5.70. The highest BCUT2D eigenvalue weighted by Crippen LogP contribution is 2.17. The Labute approximate surface area is 118 Å². The highest BCUT2D eigenvalue weighted by atomic mass is 16.6. The van der Waals surface area contributed by atoms with Crippen LogP contribution < -0.4 is 10.1 Å². The third-order valence-corrected chi connectivity index (χ3v) is 2.98. The molecule has 0 heterocycles. The molecule has 1 amide bonds. The van der Waals surface area contributed by atoms with Crippen molar-refractivity contribution in [3.63, 3.8) is 0 Å². The van der Waals surface area contributed by atoms with Crippen molar-refractivity contribution in [1.82, 2.24) is 5.32 Å². The van der Waals surface area contributed by atoms with Gasteiger partial charge in [0.2, 0.25) is 0 Å². The lowest BCUT2D eigenvalue weighted by atomic mass is 10.1. The Morgan fingerprint density at radius 1 is 1.35 bits per heavy atom. The quantitative estimate of drug-likeness (QED) is 0.610. The average molecular weight is 280 g/mol. The maximum Gasteiger partial charge on any atom is 0.412 e. The molecule has 0 fully saturated rings. The largest absolute Gasteiger partial charge is 0.412 e. The number of carbonyl (C=O) groups excluding carboxylic acids is 1. The van der Waals surface area contributed by atoms with Gasteiger partial charge in [-0.15, -0.1) is 0 Å². The van der Waals surface area contributed by atoms with E-state index in [1.165, 1.54) is 24.3 Å². The Kier molecular flexibility index (Phi) is 6.49. The summed E-state index contributed by atoms with van der Waals surface area (Å²) < 4.78 is 5.09. The van der Waals surface area contributed by atoms with E-state index in [0.717, 1.165) is 25.7 Å². The second-order valence-corrected chi connectivity index (χ2v) is 4.53. The minimum Gasteiger partial charge on any atom is -0.410 e. The van der Waals surface area contributed by atoms with Gasteiger partial charge in [0.15, 0.2) is 0 Å². The molecule has 110 valence electrons. The number of nitrogens with one attached hydrogen (secondary N) is 1. The van der Waals surface area contributed by atoms with Crippen LogP contribution in [-0.2, 0) is 0 Å². The van der Waals surface area contributed by atoms with Crippen molar-refractivity contribution in [2.24, 2.45) is 0 Å². The number of unbranched alkanes of at least 4 members (excludes halogenated alkanes) is 1. The summed E-state index contributed by atoms with van der Waals surface area (Å²) in [5, 5.41) is 13.3. The third kappa shape index (κ3) is 5.26. The van der Waals surface area contributed by atoms with E-state index in [9.17, 15) is 14.9 Å². The Hall–Kier alpha value is -2.11. The Balaban J connectivity index is 2.50. The second-order valence-electron chi connectivity index (χ2n) is 4.53. The molecule has 1 aromatic carbocycles. The summed E-state index contributed by atoms with van der Waals surface area (Å²) in [6.07, 6.45) is 3.37. The first-order chi connectivity index (χ1) is 9.56. The molecule has 0 radical (unpaired) electrons. The summed E-state index contributed by atoms with van der Waals surface area (Å²) in [5.41, 5.74) is -0.0351. The lowest BCUT2D eigenvalue weighted by molar-refractivity contribution is -0.384. The molecule has 1 aromatic rings. The first kappa shape index (κ1) is 15.9. The molecular formula is C14H20N2O4. The number of rotatable bonds is 7. The predicted octanol–water partition coefficient (Wildman–Crippen LogP) is 3.65. The number of nitrogens with zero attached hydrogens (tertiary/aromatic N) is 1. The van der Waals surface area contributed by atoms with E-state index in [2.05, 4.69) is 12.2 Å². The van der Waals surface area contributed by atoms with Crippen LogP contribution in [0.3, 0.4) is 0 Å². The number of carbonyl (C=O) groups is 1. The molecule has 0 aliphatic carbocycles. The fourth-order valence-electron chi connectivity index (χ4n) is 1.77. The Bertz CT molecular complexity index is 445. The van der Waals surface area contributed by atoms with Gasteiger partial charge in [-0.2, -0.15) is 0 Å². The minimum absolute atomic E-state index is 0.0351. The van der Waals surface area contributed by atoms with Crippen molar-refractivity contribution in [2.45, 2.75) is 45.6 Å². The number of benzene rings is 1. The first-order valence-electron chi connectivity index (χ1n) is 6.79. The van der Waals surface area contributed by atoms with E-state index in [4.69, 9.17) is 4.74 Å². The van der Waals surface area contributed by atoms with Gasteiger partial charge in [-0.3, -0.25) is 10.1 Å². The lowest BCUT2D eigenvalue weighted by Gasteiger charge is -2.16. The average Bonchev–Trinajstić information content (AvgIpc) is 2.43. The van der Waals surface area contributed by atoms with Crippen LogP contribution in [0, 0.1) is 10.1 Å². The Morgan fingerprint density at radius 2 is 2.00 bits per heavy atom. The minimum atomic E-state index is -0.526. The van der Waals surface area contributed by atoms with Gasteiger partial charge >= 0.3 is 6.09 Å². The molecule has 0 aliphatic rings. The summed E-state index contributed by atoms with van der Waals surface area (Å²) in [5.74, 6) is 0.290. The van der Waals surface area contributed by atoms with E-state index in [1.54, 1.807) is 0 Å². The molecule has 0 aliphatic heterocycles. The number of nitro groups is 1. The molecule has 1 rings (SSSR count). The van der Waals surface area contributed by atoms with Gasteiger partial charge in [-0.05, 0) is 25.0 Å². The van der Waals surface area contributed by atoms with Crippen LogP contribution in [0.25, 0.3) is 0 Å². The van der Waals surface area contributed by atoms with Crippen LogP contribution >= 0.6 is 0 Å². The number of hydrogen-bond acceptors (Lipinski definition) is 4. The summed E-state index contributed by atoms with van der Waals surface area (Å²) in [4.78, 5) is 21.7. The molecule has 6 nitrogen and oxygen atoms in total. The van der Waals surface area contributed by atoms with Gasteiger partial charge in [0, 0.05) is 18.2 Å². The number of hydrogen-bond donors (Lipinski definition) is 1. The highest BCUT2D eigenvalue weighted by Gasteiger charge is 2.12. The number of amides is 1. The zero-order chi connectivity index (χ0) is 15.0. The standard InChI is InChI=1S/C14H20N2O4/c1-3-5-6-11(4-2)15-14(17)20-13-9-7-12(8-10-13)16(18)19/h7-11H,3-6H2,1-2H3,(H,15,17). The zero-order valence-electron chi connectivity index (χ0n) is 11.8. The van der Waals surface area contributed by atoms with Crippen molar-refractivity contribution in [1.29, 1.82) is 0 Å². The molecule has 0 bridgehead atoms. The van der Waals surface area contributed by atoms with Gasteiger partial charge in [0.25, 0.3) is 5.69 Å². The fraction of sp³-hybridized carbons (Fsp3) is 0.500. The van der Waals surface area contributed by atoms with Crippen LogP contribution in [-0.4, -0.2) is 17.1 Å². The molecule has 0 aromatic heterocycles. The third-order valence-electron chi connectivity index (χ3n) is 2.98. The number of non-ortho nitro benzene ring substituents is 1. The van der Waals surface area contributed by atoms with Gasteiger partial charge in [-0.1, -0.05) is 26.7 Å². The molecule has 0 saturated heterocycles. The zero-order valence-corrected chi connectivity index (χ0v) is 11.8. The maximum atomic E-state index is 11.7. The van der Waals surface area contributed by atoms with E-state index >= 15 is 0 Å². The van der Waals surface area contributed by atoms with Crippen LogP contribution in [0.4, 0.5) is 10.5 Å². The molecule has 1 unspecified atom stereocenters. The summed E-state index contributed by atoms with van der Waals surface area (Å²) in [6, 6.07) is 5.52. The van der Waals surface area contributed by atoms with Crippen LogP contribution in [0.15, 0.2) is 24.3 Å². The molecule has 20 heavy (non-hydrogen) atoms. The number of nitro benzene ring substituents is 1. The maximum absolute atomic E-state index is 11.7. The second kappa shape index (κ2) is 8.14. The van der Waals surface area contributed by atoms with Gasteiger partial charge in [0.05, 0.1) is 4.92 Å².